The van der Waals surface area contributed by atoms with Crippen molar-refractivity contribution < 1.29 is 9.90 Å². The van der Waals surface area contributed by atoms with Crippen molar-refractivity contribution >= 4 is 5.97 Å². The Bertz CT molecular complexity index is 554. The van der Waals surface area contributed by atoms with Crippen molar-refractivity contribution in [2.75, 3.05) is 0 Å². The monoisotopic (exact) mass is 216 g/mol. The van der Waals surface area contributed by atoms with E-state index in [2.05, 4.69) is 9.97 Å². The number of hydrogen-bond donors (Lipinski definition) is 2. The van der Waals surface area contributed by atoms with E-state index in [4.69, 9.17) is 10.5 Å². The summed E-state index contributed by atoms with van der Waals surface area (Å²) in [6.07, 6.45) is 5.76. The molecule has 2 aromatic rings. The molecule has 16 heavy (non-hydrogen) atoms. The molecule has 80 valence electrons. The summed E-state index contributed by atoms with van der Waals surface area (Å²) in [5.74, 6) is -0.692. The first-order valence-electron chi connectivity index (χ1n) is 4.45. The molecule has 0 aromatic carbocycles. The standard InChI is InChI=1S/C10H8N4O2/c11-8-1-3-14(4-2-8)10-12-5-7(6-13-10)9(15)16/h1-6,11H,(H,15,16). The van der Waals surface area contributed by atoms with Crippen LogP contribution in [-0.4, -0.2) is 25.6 Å². The normalized spacial score (nSPS) is 10.0. The lowest BCUT2D eigenvalue weighted by molar-refractivity contribution is 0.0696. The lowest BCUT2D eigenvalue weighted by Crippen LogP contribution is -2.07. The van der Waals surface area contributed by atoms with Crippen LogP contribution in [0, 0.1) is 5.41 Å². The highest BCUT2D eigenvalue weighted by atomic mass is 16.4. The summed E-state index contributed by atoms with van der Waals surface area (Å²) < 4.78 is 1.60. The van der Waals surface area contributed by atoms with Crippen LogP contribution in [0.25, 0.3) is 5.95 Å². The van der Waals surface area contributed by atoms with Gasteiger partial charge < -0.3 is 10.5 Å². The summed E-state index contributed by atoms with van der Waals surface area (Å²) in [6, 6.07) is 3.18. The van der Waals surface area contributed by atoms with Crippen LogP contribution in [-0.2, 0) is 0 Å². The molecule has 0 radical (unpaired) electrons. The first-order valence-corrected chi connectivity index (χ1v) is 4.45. The molecule has 0 amide bonds. The van der Waals surface area contributed by atoms with E-state index in [-0.39, 0.29) is 5.56 Å². The van der Waals surface area contributed by atoms with Gasteiger partial charge in [-0.15, -0.1) is 0 Å². The fraction of sp³-hybridized carbons (Fsp3) is 0. The Labute approximate surface area is 90.4 Å². The summed E-state index contributed by atoms with van der Waals surface area (Å²) in [5.41, 5.74) is 0.0430. The van der Waals surface area contributed by atoms with Crippen LogP contribution in [0.1, 0.15) is 10.4 Å². The van der Waals surface area contributed by atoms with E-state index >= 15 is 0 Å². The minimum Gasteiger partial charge on any atom is -0.478 e. The van der Waals surface area contributed by atoms with Gasteiger partial charge in [-0.25, -0.2) is 14.8 Å². The molecule has 0 aliphatic heterocycles. The molecule has 2 aromatic heterocycles. The molecule has 0 atom stereocenters. The minimum atomic E-state index is -1.06. The van der Waals surface area contributed by atoms with E-state index < -0.39 is 5.97 Å². The highest BCUT2D eigenvalue weighted by Crippen LogP contribution is 2.00. The largest absolute Gasteiger partial charge is 0.478 e. The third-order valence-electron chi connectivity index (χ3n) is 1.95. The van der Waals surface area contributed by atoms with E-state index in [9.17, 15) is 4.79 Å². The number of aromatic nitrogens is 3. The molecule has 6 nitrogen and oxygen atoms in total. The van der Waals surface area contributed by atoms with Gasteiger partial charge in [-0.2, -0.15) is 0 Å². The van der Waals surface area contributed by atoms with E-state index in [0.717, 1.165) is 0 Å². The van der Waals surface area contributed by atoms with Crippen LogP contribution in [0.2, 0.25) is 0 Å². The van der Waals surface area contributed by atoms with E-state index in [1.165, 1.54) is 12.4 Å². The molecule has 2 rings (SSSR count). The van der Waals surface area contributed by atoms with Gasteiger partial charge in [-0.1, -0.05) is 0 Å². The fourth-order valence-corrected chi connectivity index (χ4v) is 1.12. The Balaban J connectivity index is 2.38. The molecule has 0 saturated heterocycles. The van der Waals surface area contributed by atoms with Crippen molar-refractivity contribution in [3.63, 3.8) is 0 Å². The molecule has 6 heteroatoms. The van der Waals surface area contributed by atoms with Gasteiger partial charge in [0, 0.05) is 24.8 Å². The van der Waals surface area contributed by atoms with Crippen LogP contribution in [0.15, 0.2) is 36.9 Å². The predicted octanol–water partition coefficient (Wildman–Crippen LogP) is 0.445. The first-order chi connectivity index (χ1) is 7.66. The van der Waals surface area contributed by atoms with E-state index in [1.807, 2.05) is 0 Å². The third kappa shape index (κ3) is 1.95. The van der Waals surface area contributed by atoms with Crippen molar-refractivity contribution in [2.45, 2.75) is 0 Å². The molecule has 0 aliphatic carbocycles. The van der Waals surface area contributed by atoms with Gasteiger partial charge >= 0.3 is 5.97 Å². The summed E-state index contributed by atoms with van der Waals surface area (Å²) in [5, 5.41) is 16.4. The summed E-state index contributed by atoms with van der Waals surface area (Å²) in [7, 11) is 0. The second-order valence-corrected chi connectivity index (χ2v) is 3.07. The van der Waals surface area contributed by atoms with Gasteiger partial charge in [0.15, 0.2) is 0 Å². The zero-order valence-electron chi connectivity index (χ0n) is 8.16. The van der Waals surface area contributed by atoms with Gasteiger partial charge in [-0.3, -0.25) is 4.57 Å². The Hall–Kier alpha value is -2.50. The van der Waals surface area contributed by atoms with Gasteiger partial charge in [0.2, 0.25) is 5.95 Å². The van der Waals surface area contributed by atoms with Gasteiger partial charge in [0.05, 0.1) is 10.9 Å². The average Bonchev–Trinajstić information content (AvgIpc) is 2.30. The number of nitrogens with zero attached hydrogens (tertiary/aromatic N) is 3. The lowest BCUT2D eigenvalue weighted by atomic mass is 10.3. The fourth-order valence-electron chi connectivity index (χ4n) is 1.12. The zero-order valence-corrected chi connectivity index (χ0v) is 8.16. The zero-order chi connectivity index (χ0) is 11.5. The van der Waals surface area contributed by atoms with Crippen LogP contribution < -0.4 is 5.36 Å². The number of carboxylic acids is 1. The quantitative estimate of drug-likeness (QED) is 0.762. The van der Waals surface area contributed by atoms with Crippen LogP contribution in [0.5, 0.6) is 0 Å². The van der Waals surface area contributed by atoms with E-state index in [1.54, 1.807) is 29.1 Å². The van der Waals surface area contributed by atoms with E-state index in [0.29, 0.717) is 11.3 Å². The Morgan fingerprint density at radius 1 is 1.25 bits per heavy atom. The smallest absolute Gasteiger partial charge is 0.338 e. The van der Waals surface area contributed by atoms with Gasteiger partial charge in [0.25, 0.3) is 0 Å². The third-order valence-corrected chi connectivity index (χ3v) is 1.95. The molecule has 2 heterocycles. The predicted molar refractivity (Wildman–Crippen MR) is 54.2 cm³/mol. The Kier molecular flexibility index (Phi) is 2.47. The number of rotatable bonds is 2. The molecule has 0 unspecified atom stereocenters. The SMILES string of the molecule is N=c1ccn(-c2ncc(C(=O)O)cn2)cc1. The molecule has 2 N–H and O–H groups in total. The second kappa shape index (κ2) is 3.93. The first kappa shape index (κ1) is 10.0. The Morgan fingerprint density at radius 3 is 2.31 bits per heavy atom. The lowest BCUT2D eigenvalue weighted by Gasteiger charge is -2.03. The van der Waals surface area contributed by atoms with Crippen molar-refractivity contribution in [3.8, 4) is 5.95 Å². The number of carboxylic acid groups (broad SMARTS) is 1. The topological polar surface area (TPSA) is 91.9 Å². The molecule has 0 spiro atoms. The molecule has 0 bridgehead atoms. The summed E-state index contributed by atoms with van der Waals surface area (Å²) in [6.45, 7) is 0. The maximum atomic E-state index is 10.6. The molecule has 0 saturated carbocycles. The van der Waals surface area contributed by atoms with Crippen molar-refractivity contribution in [2.24, 2.45) is 0 Å². The summed E-state index contributed by atoms with van der Waals surface area (Å²) in [4.78, 5) is 18.4. The maximum Gasteiger partial charge on any atom is 0.338 e. The minimum absolute atomic E-state index is 0.0430. The molecular weight excluding hydrogens is 208 g/mol. The highest BCUT2D eigenvalue weighted by molar-refractivity contribution is 5.86. The second-order valence-electron chi connectivity index (χ2n) is 3.07. The molecule has 0 aliphatic rings. The maximum absolute atomic E-state index is 10.6. The molecule has 0 fully saturated rings. The highest BCUT2D eigenvalue weighted by Gasteiger charge is 2.04. The van der Waals surface area contributed by atoms with Gasteiger partial charge in [0.1, 0.15) is 0 Å². The average molecular weight is 216 g/mol. The number of pyridine rings is 1. The van der Waals surface area contributed by atoms with Crippen molar-refractivity contribution in [1.29, 1.82) is 5.41 Å². The summed E-state index contributed by atoms with van der Waals surface area (Å²) >= 11 is 0. The van der Waals surface area contributed by atoms with Crippen LogP contribution in [0.3, 0.4) is 0 Å². The Morgan fingerprint density at radius 2 is 1.81 bits per heavy atom. The van der Waals surface area contributed by atoms with Gasteiger partial charge in [-0.05, 0) is 12.1 Å². The van der Waals surface area contributed by atoms with Crippen LogP contribution in [0.4, 0.5) is 0 Å². The number of carbonyl (C=O) groups is 1. The van der Waals surface area contributed by atoms with Crippen LogP contribution >= 0.6 is 0 Å². The molecular formula is C10H8N4O2. The number of nitrogens with one attached hydrogen (secondary N) is 1. The van der Waals surface area contributed by atoms with Crippen molar-refractivity contribution in [3.05, 3.63) is 47.8 Å². The van der Waals surface area contributed by atoms with Crippen molar-refractivity contribution in [1.82, 2.24) is 14.5 Å². The number of hydrogen-bond acceptors (Lipinski definition) is 4. The number of aromatic carboxylic acids is 1.